The van der Waals surface area contributed by atoms with E-state index in [9.17, 15) is 13.2 Å². The number of rotatable bonds is 2. The molecule has 0 N–H and O–H groups in total. The fraction of sp³-hybridized carbons (Fsp3) is 0.0833. The lowest BCUT2D eigenvalue weighted by Gasteiger charge is -2.10. The minimum absolute atomic E-state index is 0.256. The Kier molecular flexibility index (Phi) is 4.19. The van der Waals surface area contributed by atoms with Crippen LogP contribution in [0.4, 0.5) is 13.2 Å². The van der Waals surface area contributed by atoms with Crippen molar-refractivity contribution in [2.75, 3.05) is 0 Å². The van der Waals surface area contributed by atoms with Crippen molar-refractivity contribution in [3.05, 3.63) is 45.3 Å². The molecule has 2 nitrogen and oxygen atoms in total. The quantitative estimate of drug-likeness (QED) is 0.529. The van der Waals surface area contributed by atoms with Crippen LogP contribution in [0.15, 0.2) is 36.5 Å². The molecule has 7 heteroatoms. The lowest BCUT2D eigenvalue weighted by molar-refractivity contribution is -0.274. The Labute approximate surface area is 125 Å². The highest BCUT2D eigenvalue weighted by Crippen LogP contribution is 2.29. The molecule has 0 unspecified atom stereocenters. The van der Waals surface area contributed by atoms with E-state index in [4.69, 9.17) is 11.6 Å². The van der Waals surface area contributed by atoms with Crippen LogP contribution in [0.3, 0.4) is 0 Å². The number of aromatic nitrogens is 1. The number of halogens is 5. The molecule has 0 bridgehead atoms. The van der Waals surface area contributed by atoms with Crippen LogP contribution >= 0.6 is 34.2 Å². The first-order valence-electron chi connectivity index (χ1n) is 5.02. The Bertz CT molecular complexity index is 587. The number of benzene rings is 1. The van der Waals surface area contributed by atoms with Crippen LogP contribution in [0.25, 0.3) is 11.1 Å². The molecule has 0 saturated heterocycles. The highest BCUT2D eigenvalue weighted by atomic mass is 127. The van der Waals surface area contributed by atoms with Crippen LogP contribution in [0.5, 0.6) is 5.75 Å². The zero-order valence-electron chi connectivity index (χ0n) is 9.21. The van der Waals surface area contributed by atoms with Crippen LogP contribution in [0.1, 0.15) is 0 Å². The summed E-state index contributed by atoms with van der Waals surface area (Å²) in [6.45, 7) is 0. The first-order valence-corrected chi connectivity index (χ1v) is 6.48. The van der Waals surface area contributed by atoms with Gasteiger partial charge in [-0.1, -0.05) is 23.7 Å². The van der Waals surface area contributed by atoms with Crippen molar-refractivity contribution in [2.24, 2.45) is 0 Å². The molecule has 1 aromatic heterocycles. The van der Waals surface area contributed by atoms with E-state index in [2.05, 4.69) is 32.3 Å². The van der Waals surface area contributed by atoms with E-state index < -0.39 is 6.36 Å². The molecule has 0 radical (unpaired) electrons. The lowest BCUT2D eigenvalue weighted by atomic mass is 10.1. The zero-order valence-corrected chi connectivity index (χ0v) is 12.1. The highest BCUT2D eigenvalue weighted by molar-refractivity contribution is 14.1. The summed E-state index contributed by atoms with van der Waals surface area (Å²) in [5, 5.41) is 0.366. The smallest absolute Gasteiger partial charge is 0.406 e. The van der Waals surface area contributed by atoms with E-state index in [0.29, 0.717) is 5.15 Å². The van der Waals surface area contributed by atoms with Crippen LogP contribution in [-0.4, -0.2) is 11.3 Å². The van der Waals surface area contributed by atoms with E-state index in [-0.39, 0.29) is 5.75 Å². The predicted octanol–water partition coefficient (Wildman–Crippen LogP) is 4.91. The molecule has 0 fully saturated rings. The molecular formula is C12H6ClF3INO. The summed E-state index contributed by atoms with van der Waals surface area (Å²) in [6.07, 6.45) is -3.11. The van der Waals surface area contributed by atoms with Crippen molar-refractivity contribution >= 4 is 34.2 Å². The maximum atomic E-state index is 12.0. The third-order valence-corrected chi connectivity index (χ3v) is 3.32. The van der Waals surface area contributed by atoms with E-state index >= 15 is 0 Å². The van der Waals surface area contributed by atoms with E-state index in [1.807, 2.05) is 0 Å². The SMILES string of the molecule is FC(F)(F)Oc1ccc(-c2cnc(Cl)cc2I)cc1. The van der Waals surface area contributed by atoms with E-state index in [0.717, 1.165) is 14.7 Å². The monoisotopic (exact) mass is 399 g/mol. The van der Waals surface area contributed by atoms with Crippen molar-refractivity contribution in [3.63, 3.8) is 0 Å². The van der Waals surface area contributed by atoms with Gasteiger partial charge in [0, 0.05) is 15.3 Å². The molecule has 0 atom stereocenters. The molecule has 0 aliphatic carbocycles. The maximum Gasteiger partial charge on any atom is 0.573 e. The Morgan fingerprint density at radius 3 is 2.32 bits per heavy atom. The minimum atomic E-state index is -4.68. The van der Waals surface area contributed by atoms with E-state index in [1.54, 1.807) is 12.3 Å². The molecule has 0 amide bonds. The van der Waals surface area contributed by atoms with Crippen LogP contribution in [0, 0.1) is 3.57 Å². The Morgan fingerprint density at radius 2 is 1.79 bits per heavy atom. The van der Waals surface area contributed by atoms with E-state index in [1.165, 1.54) is 24.3 Å². The second kappa shape index (κ2) is 5.54. The number of hydrogen-bond donors (Lipinski definition) is 0. The van der Waals surface area contributed by atoms with Crippen molar-refractivity contribution in [1.82, 2.24) is 4.98 Å². The van der Waals surface area contributed by atoms with Crippen molar-refractivity contribution in [1.29, 1.82) is 0 Å². The third kappa shape index (κ3) is 3.97. The number of nitrogens with zero attached hydrogens (tertiary/aromatic N) is 1. The largest absolute Gasteiger partial charge is 0.573 e. The second-order valence-corrected chi connectivity index (χ2v) is 5.11. The van der Waals surface area contributed by atoms with Gasteiger partial charge in [0.15, 0.2) is 0 Å². The molecule has 19 heavy (non-hydrogen) atoms. The van der Waals surface area contributed by atoms with Gasteiger partial charge in [0.2, 0.25) is 0 Å². The topological polar surface area (TPSA) is 22.1 Å². The normalized spacial score (nSPS) is 11.4. The molecule has 0 aliphatic rings. The van der Waals surface area contributed by atoms with Crippen LogP contribution in [-0.2, 0) is 0 Å². The van der Waals surface area contributed by atoms with Gasteiger partial charge >= 0.3 is 6.36 Å². The molecule has 0 aliphatic heterocycles. The summed E-state index contributed by atoms with van der Waals surface area (Å²) in [6, 6.07) is 7.26. The molecule has 1 aromatic carbocycles. The third-order valence-electron chi connectivity index (χ3n) is 2.22. The summed E-state index contributed by atoms with van der Waals surface area (Å²) in [4.78, 5) is 3.95. The van der Waals surface area contributed by atoms with Gasteiger partial charge in [0.25, 0.3) is 0 Å². The summed E-state index contributed by atoms with van der Waals surface area (Å²) in [5.74, 6) is -0.256. The Hall–Kier alpha value is -1.02. The maximum absolute atomic E-state index is 12.0. The number of alkyl halides is 3. The molecule has 0 saturated carbocycles. The standard InChI is InChI=1S/C12H6ClF3INO/c13-11-5-10(17)9(6-18-11)7-1-3-8(4-2-7)19-12(14,15)16/h1-6H. The predicted molar refractivity (Wildman–Crippen MR) is 74.1 cm³/mol. The van der Waals surface area contributed by atoms with Gasteiger partial charge in [0.1, 0.15) is 10.9 Å². The summed E-state index contributed by atoms with van der Waals surface area (Å²) < 4.78 is 40.7. The van der Waals surface area contributed by atoms with Gasteiger partial charge in [-0.2, -0.15) is 0 Å². The molecule has 0 spiro atoms. The second-order valence-electron chi connectivity index (χ2n) is 3.56. The molecule has 2 rings (SSSR count). The molecule has 1 heterocycles. The number of pyridine rings is 1. The summed E-state index contributed by atoms with van der Waals surface area (Å²) >= 11 is 7.83. The molecule has 2 aromatic rings. The zero-order chi connectivity index (χ0) is 14.0. The fourth-order valence-electron chi connectivity index (χ4n) is 1.46. The van der Waals surface area contributed by atoms with Gasteiger partial charge in [-0.15, -0.1) is 13.2 Å². The average molecular weight is 400 g/mol. The Balaban J connectivity index is 2.27. The summed E-state index contributed by atoms with van der Waals surface area (Å²) in [5.41, 5.74) is 1.53. The molecular weight excluding hydrogens is 393 g/mol. The number of hydrogen-bond acceptors (Lipinski definition) is 2. The average Bonchev–Trinajstić information content (AvgIpc) is 2.28. The highest BCUT2D eigenvalue weighted by Gasteiger charge is 2.30. The van der Waals surface area contributed by atoms with Gasteiger partial charge in [-0.3, -0.25) is 0 Å². The first kappa shape index (κ1) is 14.4. The Morgan fingerprint density at radius 1 is 1.16 bits per heavy atom. The number of ether oxygens (including phenoxy) is 1. The first-order chi connectivity index (χ1) is 8.85. The van der Waals surface area contributed by atoms with Gasteiger partial charge < -0.3 is 4.74 Å². The van der Waals surface area contributed by atoms with Crippen molar-refractivity contribution < 1.29 is 17.9 Å². The molecule has 100 valence electrons. The van der Waals surface area contributed by atoms with Gasteiger partial charge in [-0.25, -0.2) is 4.98 Å². The minimum Gasteiger partial charge on any atom is -0.406 e. The van der Waals surface area contributed by atoms with Crippen molar-refractivity contribution in [2.45, 2.75) is 6.36 Å². The van der Waals surface area contributed by atoms with Crippen LogP contribution in [0.2, 0.25) is 5.15 Å². The van der Waals surface area contributed by atoms with Crippen LogP contribution < -0.4 is 4.74 Å². The lowest BCUT2D eigenvalue weighted by Crippen LogP contribution is -2.16. The van der Waals surface area contributed by atoms with Gasteiger partial charge in [0.05, 0.1) is 0 Å². The fourth-order valence-corrected chi connectivity index (χ4v) is 2.54. The van der Waals surface area contributed by atoms with Gasteiger partial charge in [-0.05, 0) is 46.4 Å². The summed E-state index contributed by atoms with van der Waals surface area (Å²) in [7, 11) is 0. The van der Waals surface area contributed by atoms with Crippen molar-refractivity contribution in [3.8, 4) is 16.9 Å².